The second-order valence-corrected chi connectivity index (χ2v) is 15.9. The maximum Gasteiger partial charge on any atom is 0.242 e. The zero-order valence-electron chi connectivity index (χ0n) is 35.2. The van der Waals surface area contributed by atoms with Crippen LogP contribution in [-0.4, -0.2) is 121 Å². The van der Waals surface area contributed by atoms with Gasteiger partial charge < -0.3 is 40.7 Å². The van der Waals surface area contributed by atoms with E-state index in [2.05, 4.69) is 10.6 Å². The number of amides is 4. The third-order valence-electron chi connectivity index (χ3n) is 11.5. The molecule has 13 nitrogen and oxygen atoms in total. The van der Waals surface area contributed by atoms with Crippen molar-refractivity contribution in [2.24, 2.45) is 17.8 Å². The number of nitrogens with two attached hydrogens (primary N) is 1. The summed E-state index contributed by atoms with van der Waals surface area (Å²) in [4.78, 5) is 60.2. The molecule has 0 aromatic heterocycles. The normalized spacial score (nSPS) is 18.7. The van der Waals surface area contributed by atoms with Crippen molar-refractivity contribution in [2.45, 2.75) is 116 Å². The van der Waals surface area contributed by atoms with Gasteiger partial charge >= 0.3 is 0 Å². The number of benzene rings is 2. The van der Waals surface area contributed by atoms with Crippen molar-refractivity contribution in [2.75, 3.05) is 47.1 Å². The summed E-state index contributed by atoms with van der Waals surface area (Å²) < 4.78 is 11.9. The number of rotatable bonds is 21. The number of nitrogens with one attached hydrogen (secondary N) is 2. The van der Waals surface area contributed by atoms with Gasteiger partial charge in [-0.15, -0.1) is 0 Å². The molecule has 1 saturated heterocycles. The molecular weight excluding hydrogens is 713 g/mol. The van der Waals surface area contributed by atoms with E-state index in [1.807, 2.05) is 94.2 Å². The third-order valence-corrected chi connectivity index (χ3v) is 11.5. The van der Waals surface area contributed by atoms with Crippen LogP contribution >= 0.6 is 0 Å². The Morgan fingerprint density at radius 1 is 0.946 bits per heavy atom. The highest BCUT2D eigenvalue weighted by atomic mass is 16.5. The smallest absolute Gasteiger partial charge is 0.242 e. The molecule has 1 aliphatic heterocycles. The second kappa shape index (κ2) is 22.0. The third kappa shape index (κ3) is 12.2. The van der Waals surface area contributed by atoms with E-state index in [0.717, 1.165) is 18.4 Å². The number of carbonyl (C=O) groups excluding carboxylic acids is 4. The fourth-order valence-corrected chi connectivity index (χ4v) is 8.11. The van der Waals surface area contributed by atoms with Gasteiger partial charge in [0.1, 0.15) is 0 Å². The van der Waals surface area contributed by atoms with Gasteiger partial charge in [0.25, 0.3) is 0 Å². The van der Waals surface area contributed by atoms with Crippen LogP contribution in [0.15, 0.2) is 54.6 Å². The van der Waals surface area contributed by atoms with E-state index in [1.165, 1.54) is 0 Å². The number of nitrogen functional groups attached to an aromatic ring is 1. The Labute approximate surface area is 334 Å². The molecule has 56 heavy (non-hydrogen) atoms. The fraction of sp³-hybridized carbons (Fsp3) is 0.628. The van der Waals surface area contributed by atoms with Crippen LogP contribution in [0.4, 0.5) is 5.69 Å². The molecule has 4 unspecified atom stereocenters. The number of likely N-dealkylation sites (N-methyl/N-ethyl adjacent to an activating group) is 2. The number of hydrogen-bond donors (Lipinski definition) is 4. The predicted octanol–water partition coefficient (Wildman–Crippen LogP) is 4.00. The summed E-state index contributed by atoms with van der Waals surface area (Å²) >= 11 is 0. The molecule has 0 aliphatic carbocycles. The molecule has 1 heterocycles. The Morgan fingerprint density at radius 2 is 1.59 bits per heavy atom. The molecule has 0 saturated carbocycles. The summed E-state index contributed by atoms with van der Waals surface area (Å²) in [5, 5.41) is 16.7. The molecule has 4 amide bonds. The van der Waals surface area contributed by atoms with Gasteiger partial charge in [-0.2, -0.15) is 0 Å². The second-order valence-electron chi connectivity index (χ2n) is 15.9. The van der Waals surface area contributed by atoms with E-state index >= 15 is 0 Å². The average Bonchev–Trinajstić information content (AvgIpc) is 3.67. The SMILES string of the molecule is CC[C@H](C)C(C(CC(=O)N1CCC[C@H]1[C@H](OC)[C@@H](C)C(=O)NC(C)[C@@H](O)c1ccccc1)OC)N(C)C(=O)CNC(=O)C(C(C)C)N(C)Cc1ccc(N)cc1. The van der Waals surface area contributed by atoms with Gasteiger partial charge in [0, 0.05) is 40.0 Å². The summed E-state index contributed by atoms with van der Waals surface area (Å²) in [6.07, 6.45) is 0.0894. The molecule has 0 bridgehead atoms. The number of likely N-dealkylation sites (tertiary alicyclic amines) is 1. The number of anilines is 1. The van der Waals surface area contributed by atoms with Gasteiger partial charge in [-0.05, 0) is 61.9 Å². The summed E-state index contributed by atoms with van der Waals surface area (Å²) in [5.41, 5.74) is 8.25. The summed E-state index contributed by atoms with van der Waals surface area (Å²) in [7, 11) is 6.69. The quantitative estimate of drug-likeness (QED) is 0.137. The molecule has 0 spiro atoms. The molecule has 1 fully saturated rings. The maximum atomic E-state index is 14.1. The number of nitrogens with zero attached hydrogens (tertiary/aromatic N) is 3. The zero-order valence-corrected chi connectivity index (χ0v) is 35.2. The molecule has 5 N–H and O–H groups in total. The van der Waals surface area contributed by atoms with Crippen molar-refractivity contribution >= 4 is 29.3 Å². The van der Waals surface area contributed by atoms with Crippen LogP contribution in [-0.2, 0) is 35.2 Å². The number of ether oxygens (including phenoxy) is 2. The molecule has 2 aromatic carbocycles. The minimum atomic E-state index is -0.881. The first-order valence-corrected chi connectivity index (χ1v) is 20.0. The lowest BCUT2D eigenvalue weighted by atomic mass is 9.90. The molecule has 9 atom stereocenters. The van der Waals surface area contributed by atoms with Gasteiger partial charge in [0.2, 0.25) is 23.6 Å². The van der Waals surface area contributed by atoms with Crippen LogP contribution in [0.5, 0.6) is 0 Å². The molecule has 1 aliphatic rings. The molecule has 312 valence electrons. The molecular formula is C43H68N6O7. The first kappa shape index (κ1) is 46.3. The van der Waals surface area contributed by atoms with Crippen LogP contribution < -0.4 is 16.4 Å². The standard InChI is InChI=1S/C43H68N6O7/c1-11-28(4)39(48(8)37(51)25-45-43(54)38(27(2)3)47(7)26-31-19-21-33(44)22-20-31)35(55-9)24-36(50)49-23-15-18-34(49)41(56-10)29(5)42(53)46-30(6)40(52)32-16-13-12-14-17-32/h12-14,16-17,19-22,27-30,34-35,38-41,52H,11,15,18,23-26,44H2,1-10H3,(H,45,54)(H,46,53)/t28-,29+,30?,34-,35?,38?,39?,40+,41+/m0/s1. The average molecular weight is 781 g/mol. The lowest BCUT2D eigenvalue weighted by Gasteiger charge is -2.39. The minimum absolute atomic E-state index is 0.0149. The number of hydrogen-bond acceptors (Lipinski definition) is 9. The first-order valence-electron chi connectivity index (χ1n) is 20.0. The largest absolute Gasteiger partial charge is 0.399 e. The molecule has 2 aromatic rings. The Hall–Kier alpha value is -4.04. The van der Waals surface area contributed by atoms with Crippen molar-refractivity contribution in [3.05, 3.63) is 65.7 Å². The maximum absolute atomic E-state index is 14.1. The zero-order chi connectivity index (χ0) is 41.7. The van der Waals surface area contributed by atoms with Crippen molar-refractivity contribution in [3.8, 4) is 0 Å². The molecule has 0 radical (unpaired) electrons. The van der Waals surface area contributed by atoms with E-state index in [4.69, 9.17) is 15.2 Å². The van der Waals surface area contributed by atoms with Gasteiger partial charge in [0.15, 0.2) is 0 Å². The highest BCUT2D eigenvalue weighted by molar-refractivity contribution is 5.88. The van der Waals surface area contributed by atoms with Crippen LogP contribution in [0.2, 0.25) is 0 Å². The lowest BCUT2D eigenvalue weighted by molar-refractivity contribution is -0.146. The van der Waals surface area contributed by atoms with Crippen molar-refractivity contribution in [1.29, 1.82) is 0 Å². The predicted molar refractivity (Wildman–Crippen MR) is 219 cm³/mol. The minimum Gasteiger partial charge on any atom is -0.399 e. The summed E-state index contributed by atoms with van der Waals surface area (Å²) in [5.74, 6) is -1.59. The van der Waals surface area contributed by atoms with Gasteiger partial charge in [0.05, 0.1) is 61.4 Å². The topological polar surface area (TPSA) is 167 Å². The number of aliphatic hydroxyl groups excluding tert-OH is 1. The van der Waals surface area contributed by atoms with E-state index in [1.54, 1.807) is 44.9 Å². The van der Waals surface area contributed by atoms with Crippen molar-refractivity contribution < 1.29 is 33.8 Å². The fourth-order valence-electron chi connectivity index (χ4n) is 8.11. The highest BCUT2D eigenvalue weighted by Crippen LogP contribution is 2.30. The summed E-state index contributed by atoms with van der Waals surface area (Å²) in [6, 6.07) is 14.9. The Kier molecular flexibility index (Phi) is 18.2. The van der Waals surface area contributed by atoms with Gasteiger partial charge in [-0.25, -0.2) is 0 Å². The van der Waals surface area contributed by atoms with E-state index in [9.17, 15) is 24.3 Å². The summed E-state index contributed by atoms with van der Waals surface area (Å²) in [6.45, 7) is 12.4. The van der Waals surface area contributed by atoms with Gasteiger partial charge in [-0.3, -0.25) is 24.1 Å². The van der Waals surface area contributed by atoms with Crippen molar-refractivity contribution in [3.63, 3.8) is 0 Å². The molecule has 3 rings (SSSR count). The Morgan fingerprint density at radius 3 is 2.16 bits per heavy atom. The number of carbonyl (C=O) groups is 4. The van der Waals surface area contributed by atoms with E-state index in [-0.39, 0.29) is 54.5 Å². The van der Waals surface area contributed by atoms with Crippen LogP contribution in [0, 0.1) is 17.8 Å². The molecule has 13 heteroatoms. The number of aliphatic hydroxyl groups is 1. The monoisotopic (exact) mass is 781 g/mol. The van der Waals surface area contributed by atoms with Crippen molar-refractivity contribution in [1.82, 2.24) is 25.3 Å². The van der Waals surface area contributed by atoms with E-state index in [0.29, 0.717) is 30.8 Å². The van der Waals surface area contributed by atoms with Gasteiger partial charge in [-0.1, -0.05) is 83.5 Å². The highest BCUT2D eigenvalue weighted by Gasteiger charge is 2.42. The van der Waals surface area contributed by atoms with Crippen LogP contribution in [0.1, 0.15) is 84.5 Å². The van der Waals surface area contributed by atoms with E-state index < -0.39 is 42.4 Å². The lowest BCUT2D eigenvalue weighted by Crippen LogP contribution is -2.55. The van der Waals surface area contributed by atoms with Crippen LogP contribution in [0.3, 0.4) is 0 Å². The number of methoxy groups -OCH3 is 2. The first-order chi connectivity index (χ1) is 26.6. The Bertz CT molecular complexity index is 1540. The van der Waals surface area contributed by atoms with Crippen LogP contribution in [0.25, 0.3) is 0 Å². The Balaban J connectivity index is 1.67.